The molecule has 0 saturated carbocycles. The molecule has 0 heterocycles. The Labute approximate surface area is 151 Å². The summed E-state index contributed by atoms with van der Waals surface area (Å²) in [4.78, 5) is 11.9. The van der Waals surface area contributed by atoms with E-state index in [1.165, 1.54) is 32.4 Å². The number of carbonyl (C=O) groups excluding carboxylic acids is 1. The fraction of sp³-hybridized carbons (Fsp3) is 0.105. The highest BCUT2D eigenvalue weighted by atomic mass is 32.2. The van der Waals surface area contributed by atoms with Crippen molar-refractivity contribution in [3.63, 3.8) is 0 Å². The summed E-state index contributed by atoms with van der Waals surface area (Å²) in [5, 5.41) is 1.45. The number of anilines is 1. The average Bonchev–Trinajstić information content (AvgIpc) is 2.66. The SMILES string of the molecule is COC(=O)c1ccc(NS(=O)(=O)c2cccc3ccccc23)cc1OC. The molecule has 0 spiro atoms. The molecule has 0 atom stereocenters. The van der Waals surface area contributed by atoms with Gasteiger partial charge in [-0.25, -0.2) is 13.2 Å². The molecule has 26 heavy (non-hydrogen) atoms. The molecule has 0 bridgehead atoms. The predicted octanol–water partition coefficient (Wildman–Crippen LogP) is 3.44. The van der Waals surface area contributed by atoms with E-state index < -0.39 is 16.0 Å². The Morgan fingerprint density at radius 1 is 0.962 bits per heavy atom. The normalized spacial score (nSPS) is 11.2. The Kier molecular flexibility index (Phi) is 4.81. The lowest BCUT2D eigenvalue weighted by Gasteiger charge is -2.13. The fourth-order valence-corrected chi connectivity index (χ4v) is 3.95. The second-order valence-corrected chi connectivity index (χ2v) is 7.14. The molecule has 7 heteroatoms. The zero-order chi connectivity index (χ0) is 18.7. The molecule has 0 radical (unpaired) electrons. The first-order chi connectivity index (χ1) is 12.5. The Hall–Kier alpha value is -3.06. The molecule has 0 unspecified atom stereocenters. The van der Waals surface area contributed by atoms with Crippen molar-refractivity contribution < 1.29 is 22.7 Å². The number of rotatable bonds is 5. The second kappa shape index (κ2) is 7.05. The molecule has 0 aromatic heterocycles. The number of sulfonamides is 1. The summed E-state index contributed by atoms with van der Waals surface area (Å²) in [5.74, 6) is -0.347. The monoisotopic (exact) mass is 371 g/mol. The third kappa shape index (κ3) is 3.34. The number of esters is 1. The van der Waals surface area contributed by atoms with Gasteiger partial charge in [0, 0.05) is 11.5 Å². The summed E-state index contributed by atoms with van der Waals surface area (Å²) in [6.45, 7) is 0. The van der Waals surface area contributed by atoms with Crippen LogP contribution >= 0.6 is 0 Å². The molecular weight excluding hydrogens is 354 g/mol. The zero-order valence-electron chi connectivity index (χ0n) is 14.2. The number of benzene rings is 3. The van der Waals surface area contributed by atoms with Crippen LogP contribution in [-0.4, -0.2) is 28.6 Å². The van der Waals surface area contributed by atoms with Crippen LogP contribution in [0.15, 0.2) is 65.6 Å². The highest BCUT2D eigenvalue weighted by molar-refractivity contribution is 7.93. The highest BCUT2D eigenvalue weighted by Crippen LogP contribution is 2.28. The molecule has 0 aliphatic heterocycles. The van der Waals surface area contributed by atoms with Crippen LogP contribution in [0.3, 0.4) is 0 Å². The van der Waals surface area contributed by atoms with Crippen molar-refractivity contribution in [1.82, 2.24) is 0 Å². The molecule has 134 valence electrons. The Morgan fingerprint density at radius 3 is 2.42 bits per heavy atom. The van der Waals surface area contributed by atoms with E-state index in [1.54, 1.807) is 24.3 Å². The van der Waals surface area contributed by atoms with Crippen LogP contribution < -0.4 is 9.46 Å². The van der Waals surface area contributed by atoms with Crippen LogP contribution in [0.2, 0.25) is 0 Å². The van der Waals surface area contributed by atoms with Crippen molar-refractivity contribution in [3.05, 3.63) is 66.2 Å². The van der Waals surface area contributed by atoms with E-state index in [1.807, 2.05) is 18.2 Å². The number of hydrogen-bond acceptors (Lipinski definition) is 5. The van der Waals surface area contributed by atoms with Gasteiger partial charge in [-0.15, -0.1) is 0 Å². The van der Waals surface area contributed by atoms with E-state index in [-0.39, 0.29) is 21.9 Å². The van der Waals surface area contributed by atoms with Gasteiger partial charge < -0.3 is 9.47 Å². The van der Waals surface area contributed by atoms with E-state index in [4.69, 9.17) is 4.74 Å². The summed E-state index contributed by atoms with van der Waals surface area (Å²) in [5.41, 5.74) is 0.491. The molecule has 3 aromatic rings. The first kappa shape index (κ1) is 17.8. The summed E-state index contributed by atoms with van der Waals surface area (Å²) in [6, 6.07) is 16.7. The minimum atomic E-state index is -3.83. The van der Waals surface area contributed by atoms with Crippen molar-refractivity contribution in [2.75, 3.05) is 18.9 Å². The van der Waals surface area contributed by atoms with Crippen LogP contribution in [0.5, 0.6) is 5.75 Å². The van der Waals surface area contributed by atoms with Gasteiger partial charge in [-0.3, -0.25) is 4.72 Å². The first-order valence-corrected chi connectivity index (χ1v) is 9.21. The Balaban J connectivity index is 2.01. The lowest BCUT2D eigenvalue weighted by atomic mass is 10.1. The zero-order valence-corrected chi connectivity index (χ0v) is 15.0. The van der Waals surface area contributed by atoms with Crippen molar-refractivity contribution >= 4 is 32.5 Å². The number of carbonyl (C=O) groups is 1. The minimum Gasteiger partial charge on any atom is -0.496 e. The van der Waals surface area contributed by atoms with Gasteiger partial charge in [-0.2, -0.15) is 0 Å². The number of hydrogen-bond donors (Lipinski definition) is 1. The van der Waals surface area contributed by atoms with Crippen LogP contribution in [0.4, 0.5) is 5.69 Å². The Bertz CT molecular complexity index is 1070. The van der Waals surface area contributed by atoms with Crippen molar-refractivity contribution in [2.24, 2.45) is 0 Å². The molecule has 3 rings (SSSR count). The molecule has 0 aliphatic carbocycles. The molecule has 1 N–H and O–H groups in total. The summed E-state index contributed by atoms with van der Waals surface area (Å²) >= 11 is 0. The molecule has 6 nitrogen and oxygen atoms in total. The maximum absolute atomic E-state index is 12.8. The van der Waals surface area contributed by atoms with Gasteiger partial charge in [0.25, 0.3) is 10.0 Å². The number of fused-ring (bicyclic) bond motifs is 1. The van der Waals surface area contributed by atoms with Crippen molar-refractivity contribution in [1.29, 1.82) is 0 Å². The fourth-order valence-electron chi connectivity index (χ4n) is 2.67. The van der Waals surface area contributed by atoms with Crippen molar-refractivity contribution in [3.8, 4) is 5.75 Å². The second-order valence-electron chi connectivity index (χ2n) is 5.49. The van der Waals surface area contributed by atoms with Gasteiger partial charge in [0.2, 0.25) is 0 Å². The minimum absolute atomic E-state index is 0.173. The first-order valence-electron chi connectivity index (χ1n) is 7.73. The van der Waals surface area contributed by atoms with Gasteiger partial charge in [0.1, 0.15) is 11.3 Å². The van der Waals surface area contributed by atoms with E-state index >= 15 is 0 Å². The number of methoxy groups -OCH3 is 2. The molecule has 0 fully saturated rings. The van der Waals surface area contributed by atoms with Crippen LogP contribution in [0.25, 0.3) is 10.8 Å². The lowest BCUT2D eigenvalue weighted by molar-refractivity contribution is 0.0597. The van der Waals surface area contributed by atoms with Gasteiger partial charge in [0.15, 0.2) is 0 Å². The lowest BCUT2D eigenvalue weighted by Crippen LogP contribution is -2.14. The summed E-state index contributed by atoms with van der Waals surface area (Å²) in [7, 11) is -1.17. The van der Waals surface area contributed by atoms with E-state index in [9.17, 15) is 13.2 Å². The van der Waals surface area contributed by atoms with E-state index in [0.29, 0.717) is 5.39 Å². The standard InChI is InChI=1S/C19H17NO5S/c1-24-17-12-14(10-11-16(17)19(21)25-2)20-26(22,23)18-9-5-7-13-6-3-4-8-15(13)18/h3-12,20H,1-2H3. The highest BCUT2D eigenvalue weighted by Gasteiger charge is 2.19. The quantitative estimate of drug-likeness (QED) is 0.695. The molecule has 3 aromatic carbocycles. The van der Waals surface area contributed by atoms with Gasteiger partial charge in [-0.1, -0.05) is 36.4 Å². The van der Waals surface area contributed by atoms with Crippen LogP contribution in [0, 0.1) is 0 Å². The maximum Gasteiger partial charge on any atom is 0.341 e. The third-order valence-corrected chi connectivity index (χ3v) is 5.34. The molecule has 0 amide bonds. The van der Waals surface area contributed by atoms with E-state index in [0.717, 1.165) is 5.39 Å². The smallest absolute Gasteiger partial charge is 0.341 e. The number of ether oxygens (including phenoxy) is 2. The van der Waals surface area contributed by atoms with E-state index in [2.05, 4.69) is 9.46 Å². The molecule has 0 saturated heterocycles. The Morgan fingerprint density at radius 2 is 1.69 bits per heavy atom. The summed E-state index contributed by atoms with van der Waals surface area (Å²) in [6.07, 6.45) is 0. The summed E-state index contributed by atoms with van der Waals surface area (Å²) < 4.78 is 38.1. The van der Waals surface area contributed by atoms with Crippen LogP contribution in [-0.2, 0) is 14.8 Å². The molecule has 0 aliphatic rings. The average molecular weight is 371 g/mol. The van der Waals surface area contributed by atoms with Gasteiger partial charge in [0.05, 0.1) is 24.8 Å². The van der Waals surface area contributed by atoms with Crippen LogP contribution in [0.1, 0.15) is 10.4 Å². The van der Waals surface area contributed by atoms with Gasteiger partial charge >= 0.3 is 5.97 Å². The number of nitrogens with one attached hydrogen (secondary N) is 1. The van der Waals surface area contributed by atoms with Gasteiger partial charge in [-0.05, 0) is 23.6 Å². The third-order valence-electron chi connectivity index (χ3n) is 3.90. The molecular formula is C19H17NO5S. The largest absolute Gasteiger partial charge is 0.496 e. The van der Waals surface area contributed by atoms with Crippen molar-refractivity contribution in [2.45, 2.75) is 4.90 Å². The topological polar surface area (TPSA) is 81.7 Å². The predicted molar refractivity (Wildman–Crippen MR) is 99.1 cm³/mol. The maximum atomic E-state index is 12.8.